The minimum atomic E-state index is -2.69. The predicted molar refractivity (Wildman–Crippen MR) is 249 cm³/mol. The van der Waals surface area contributed by atoms with Gasteiger partial charge in [-0.2, -0.15) is 0 Å². The zero-order chi connectivity index (χ0) is 49.5. The molecule has 1 saturated heterocycles. The van der Waals surface area contributed by atoms with E-state index < -0.39 is 114 Å². The number of ether oxygens (including phenoxy) is 7. The molecule has 2 bridgehead atoms. The van der Waals surface area contributed by atoms with Crippen molar-refractivity contribution in [2.45, 2.75) is 167 Å². The zero-order valence-electron chi connectivity index (χ0n) is 41.4. The molecule has 0 aromatic heterocycles. The molecular formula is C51H71NO14Si. The number of fused-ring (bicyclic) bond motifs is 5. The first kappa shape index (κ1) is 51.9. The van der Waals surface area contributed by atoms with Gasteiger partial charge in [0.1, 0.15) is 35.6 Å². The minimum Gasteiger partial charge on any atom is -0.456 e. The van der Waals surface area contributed by atoms with Gasteiger partial charge in [-0.1, -0.05) is 83.1 Å². The van der Waals surface area contributed by atoms with E-state index in [-0.39, 0.29) is 25.0 Å². The molecule has 1 unspecified atom stereocenters. The summed E-state index contributed by atoms with van der Waals surface area (Å²) < 4.78 is 50.7. The summed E-state index contributed by atoms with van der Waals surface area (Å²) in [6, 6.07) is 18.1. The highest BCUT2D eigenvalue weighted by Crippen LogP contribution is 2.65. The van der Waals surface area contributed by atoms with Crippen LogP contribution in [0.3, 0.4) is 0 Å². The number of Topliss-reactive ketones (excluding diaryl/α,β-unsaturated/α-hetero) is 1. The molecule has 3 fully saturated rings. The van der Waals surface area contributed by atoms with E-state index in [1.807, 2.05) is 26.8 Å². The number of hydrogen-bond donors (Lipinski definition) is 2. The number of benzene rings is 2. The highest BCUT2D eigenvalue weighted by molar-refractivity contribution is 6.73. The van der Waals surface area contributed by atoms with Gasteiger partial charge in [0, 0.05) is 39.4 Å². The molecule has 2 N–H and O–H groups in total. The molecule has 1 heterocycles. The Morgan fingerprint density at radius 3 is 2.01 bits per heavy atom. The van der Waals surface area contributed by atoms with Crippen molar-refractivity contribution in [3.8, 4) is 0 Å². The van der Waals surface area contributed by atoms with Crippen LogP contribution in [0.4, 0.5) is 4.79 Å². The molecule has 2 aromatic carbocycles. The van der Waals surface area contributed by atoms with Gasteiger partial charge in [-0.05, 0) is 81.6 Å². The number of ketones is 1. The largest absolute Gasteiger partial charge is 0.456 e. The number of hydrogen-bond acceptors (Lipinski definition) is 14. The number of methoxy groups -OCH3 is 2. The van der Waals surface area contributed by atoms with Gasteiger partial charge in [0.15, 0.2) is 25.8 Å². The van der Waals surface area contributed by atoms with Gasteiger partial charge in [0.25, 0.3) is 0 Å². The summed E-state index contributed by atoms with van der Waals surface area (Å²) in [6.07, 6.45) is -8.37. The van der Waals surface area contributed by atoms with E-state index in [1.165, 1.54) is 21.1 Å². The van der Waals surface area contributed by atoms with Crippen LogP contribution < -0.4 is 5.32 Å². The average molecular weight is 950 g/mol. The Labute approximate surface area is 396 Å². The zero-order valence-corrected chi connectivity index (χ0v) is 42.4. The number of amides is 1. The summed E-state index contributed by atoms with van der Waals surface area (Å²) in [5.74, 6) is -4.08. The SMILES string of the molecule is CC[Si](CC)(CC)O[C@@H](C(=O)OC1C[C@@]2(O)[C@@H](OC(=O)c3ccccc3)[C@@H]3[C@]4(OC(C)=O)CO[C@@H]4C[C@H](OC)[C@@]3(C)C(=O)[C@H](OC)C(=C1C)C2(C)C)[C@@H](NC(=O)OC(C)(C)C)c1ccccc1. The third-order valence-corrected chi connectivity index (χ3v) is 19.9. The first-order valence-electron chi connectivity index (χ1n) is 23.5. The number of carbonyl (C=O) groups excluding carboxylic acids is 5. The third-order valence-electron chi connectivity index (χ3n) is 15.3. The third kappa shape index (κ3) is 9.26. The molecule has 6 rings (SSSR count). The van der Waals surface area contributed by atoms with Gasteiger partial charge >= 0.3 is 24.0 Å². The van der Waals surface area contributed by atoms with Crippen LogP contribution in [0.5, 0.6) is 0 Å². The lowest BCUT2D eigenvalue weighted by atomic mass is 9.44. The van der Waals surface area contributed by atoms with Crippen LogP contribution in [0.15, 0.2) is 71.8 Å². The molecule has 368 valence electrons. The molecule has 0 spiro atoms. The number of alkyl carbamates (subject to hydrolysis) is 1. The normalized spacial score (nSPS) is 31.0. The molecule has 11 atom stereocenters. The van der Waals surface area contributed by atoms with Crippen LogP contribution >= 0.6 is 0 Å². The monoisotopic (exact) mass is 949 g/mol. The molecule has 1 amide bonds. The number of carbonyl (C=O) groups is 5. The van der Waals surface area contributed by atoms with Crippen LogP contribution in [-0.4, -0.2) is 117 Å². The maximum absolute atomic E-state index is 15.8. The summed E-state index contributed by atoms with van der Waals surface area (Å²) in [4.78, 5) is 72.6. The van der Waals surface area contributed by atoms with Crippen molar-refractivity contribution in [1.82, 2.24) is 5.32 Å². The summed E-state index contributed by atoms with van der Waals surface area (Å²) in [7, 11) is 0.167. The molecule has 3 aliphatic carbocycles. The summed E-state index contributed by atoms with van der Waals surface area (Å²) in [5, 5.41) is 17.0. The molecule has 1 aliphatic heterocycles. The fourth-order valence-corrected chi connectivity index (χ4v) is 14.2. The van der Waals surface area contributed by atoms with Crippen LogP contribution in [0, 0.1) is 16.7 Å². The fourth-order valence-electron chi connectivity index (χ4n) is 11.4. The second-order valence-electron chi connectivity index (χ2n) is 20.3. The molecule has 67 heavy (non-hydrogen) atoms. The van der Waals surface area contributed by atoms with Gasteiger partial charge < -0.3 is 48.0 Å². The molecule has 15 nitrogen and oxygen atoms in total. The highest BCUT2D eigenvalue weighted by Gasteiger charge is 2.78. The second kappa shape index (κ2) is 19.5. The van der Waals surface area contributed by atoms with Crippen LogP contribution in [0.1, 0.15) is 111 Å². The van der Waals surface area contributed by atoms with Crippen LogP contribution in [-0.2, 0) is 52.0 Å². The maximum atomic E-state index is 15.8. The van der Waals surface area contributed by atoms with E-state index in [1.54, 1.807) is 103 Å². The predicted octanol–water partition coefficient (Wildman–Crippen LogP) is 7.60. The fraction of sp³-hybridized carbons (Fsp3) is 0.627. The van der Waals surface area contributed by atoms with Gasteiger partial charge in [-0.3, -0.25) is 9.59 Å². The quantitative estimate of drug-likeness (QED) is 0.0768. The topological polar surface area (TPSA) is 191 Å². The average Bonchev–Trinajstić information content (AvgIpc) is 3.27. The highest BCUT2D eigenvalue weighted by atomic mass is 28.4. The smallest absolute Gasteiger partial charge is 0.408 e. The number of aliphatic hydroxyl groups is 1. The van der Waals surface area contributed by atoms with E-state index in [4.69, 9.17) is 37.6 Å². The number of nitrogens with one attached hydrogen (secondary N) is 1. The van der Waals surface area contributed by atoms with E-state index in [9.17, 15) is 19.5 Å². The van der Waals surface area contributed by atoms with Gasteiger partial charge in [0.05, 0.1) is 35.6 Å². The molecule has 0 radical (unpaired) electrons. The summed E-state index contributed by atoms with van der Waals surface area (Å²) in [5.41, 5.74) is -6.26. The lowest BCUT2D eigenvalue weighted by Crippen LogP contribution is -2.82. The second-order valence-corrected chi connectivity index (χ2v) is 25.1. The lowest BCUT2D eigenvalue weighted by molar-refractivity contribution is -0.347. The van der Waals surface area contributed by atoms with E-state index in [2.05, 4.69) is 5.32 Å². The Bertz CT molecular complexity index is 2180. The standard InChI is InChI=1S/C51H71NO14Si/c1-14-67(15-2,16-3)66-40(38(32-23-19-17-20-24-32)52-46(57)65-47(6,7)8)45(56)62-34-28-51(58)43(63-44(55)33-25-21-18-22-26-33)41-49(11,42(54)39(60-13)37(30(34)4)48(51,9)10)35(59-12)27-36-50(41,29-61-36)64-31(5)53/h17-26,34-36,38-41,43,58H,14-16,27-29H2,1-13H3,(H,52,57)/t34?,35-,36+,38-,39+,40+,41-,43-,49+,50-,51+/m0/s1. The van der Waals surface area contributed by atoms with E-state index in [0.717, 1.165) is 0 Å². The van der Waals surface area contributed by atoms with Crippen molar-refractivity contribution < 1.29 is 66.7 Å². The van der Waals surface area contributed by atoms with Crippen molar-refractivity contribution in [3.05, 3.63) is 82.9 Å². The number of rotatable bonds is 15. The van der Waals surface area contributed by atoms with E-state index in [0.29, 0.717) is 34.8 Å². The summed E-state index contributed by atoms with van der Waals surface area (Å²) >= 11 is 0. The molecular weight excluding hydrogens is 879 g/mol. The Hall–Kier alpha value is -4.45. The Morgan fingerprint density at radius 1 is 0.910 bits per heavy atom. The van der Waals surface area contributed by atoms with Gasteiger partial charge in [-0.15, -0.1) is 0 Å². The van der Waals surface area contributed by atoms with Crippen molar-refractivity contribution in [3.63, 3.8) is 0 Å². The number of esters is 3. The molecule has 2 saturated carbocycles. The first-order chi connectivity index (χ1) is 31.4. The molecule has 16 heteroatoms. The Balaban J connectivity index is 1.58. The summed E-state index contributed by atoms with van der Waals surface area (Å²) in [6.45, 7) is 19.3. The lowest BCUT2D eigenvalue weighted by Gasteiger charge is -2.67. The van der Waals surface area contributed by atoms with Crippen molar-refractivity contribution >= 4 is 38.1 Å². The van der Waals surface area contributed by atoms with Crippen molar-refractivity contribution in [2.75, 3.05) is 20.8 Å². The van der Waals surface area contributed by atoms with Gasteiger partial charge in [-0.25, -0.2) is 14.4 Å². The van der Waals surface area contributed by atoms with Crippen molar-refractivity contribution in [2.24, 2.45) is 16.7 Å². The van der Waals surface area contributed by atoms with E-state index >= 15 is 9.59 Å². The Kier molecular flexibility index (Phi) is 15.1. The minimum absolute atomic E-state index is 0.137. The molecule has 2 aromatic rings. The van der Waals surface area contributed by atoms with Gasteiger partial charge in [0.2, 0.25) is 0 Å². The van der Waals surface area contributed by atoms with Crippen molar-refractivity contribution in [1.29, 1.82) is 0 Å². The van der Waals surface area contributed by atoms with Crippen LogP contribution in [0.2, 0.25) is 18.1 Å². The molecule has 4 aliphatic rings. The van der Waals surface area contributed by atoms with Crippen LogP contribution in [0.25, 0.3) is 0 Å². The Morgan fingerprint density at radius 2 is 1.51 bits per heavy atom. The first-order valence-corrected chi connectivity index (χ1v) is 26.0. The maximum Gasteiger partial charge on any atom is 0.408 e.